The Bertz CT molecular complexity index is 706. The predicted octanol–water partition coefficient (Wildman–Crippen LogP) is 5.24. The van der Waals surface area contributed by atoms with Crippen LogP contribution in [0.5, 0.6) is 0 Å². The van der Waals surface area contributed by atoms with Crippen molar-refractivity contribution in [2.75, 3.05) is 13.2 Å². The van der Waals surface area contributed by atoms with E-state index in [0.717, 1.165) is 18.6 Å². The lowest BCUT2D eigenvalue weighted by atomic mass is 9.56. The molecule has 1 aromatic heterocycles. The summed E-state index contributed by atoms with van der Waals surface area (Å²) >= 11 is 0. The summed E-state index contributed by atoms with van der Waals surface area (Å²) in [6, 6.07) is 4.17. The molecule has 1 saturated heterocycles. The molecule has 4 rings (SSSR count). The van der Waals surface area contributed by atoms with Gasteiger partial charge in [0, 0.05) is 17.4 Å². The number of hydrogen-bond acceptors (Lipinski definition) is 4. The number of carbonyl (C=O) groups excluding carboxylic acids is 1. The summed E-state index contributed by atoms with van der Waals surface area (Å²) in [5.74, 6) is 1.74. The number of fused-ring (bicyclic) bond motifs is 2. The van der Waals surface area contributed by atoms with Crippen LogP contribution in [0.3, 0.4) is 0 Å². The van der Waals surface area contributed by atoms with Crippen LogP contribution in [0.25, 0.3) is 0 Å². The monoisotopic (exact) mass is 387 g/mol. The van der Waals surface area contributed by atoms with Crippen molar-refractivity contribution in [3.05, 3.63) is 35.8 Å². The van der Waals surface area contributed by atoms with E-state index in [-0.39, 0.29) is 29.6 Å². The Morgan fingerprint density at radius 1 is 1.29 bits per heavy atom. The molecule has 2 aliphatic carbocycles. The summed E-state index contributed by atoms with van der Waals surface area (Å²) in [5, 5.41) is 3.07. The number of ether oxygens (including phenoxy) is 2. The minimum atomic E-state index is -0.281. The summed E-state index contributed by atoms with van der Waals surface area (Å²) in [6.07, 6.45) is 9.46. The summed E-state index contributed by atoms with van der Waals surface area (Å²) in [4.78, 5) is 12.4. The van der Waals surface area contributed by atoms with Crippen molar-refractivity contribution in [3.8, 4) is 0 Å². The van der Waals surface area contributed by atoms with Crippen LogP contribution in [0.1, 0.15) is 64.7 Å². The van der Waals surface area contributed by atoms with Crippen LogP contribution in [0.4, 0.5) is 4.79 Å². The van der Waals surface area contributed by atoms with Crippen molar-refractivity contribution in [1.29, 1.82) is 0 Å². The molecule has 1 aliphatic heterocycles. The van der Waals surface area contributed by atoms with Crippen molar-refractivity contribution in [1.82, 2.24) is 5.32 Å². The van der Waals surface area contributed by atoms with Gasteiger partial charge in [-0.25, -0.2) is 4.79 Å². The topological polar surface area (TPSA) is 60.7 Å². The number of nitrogens with one attached hydrogen (secondary N) is 1. The first-order valence-electron chi connectivity index (χ1n) is 10.8. The van der Waals surface area contributed by atoms with Gasteiger partial charge in [0.2, 0.25) is 0 Å². The first-order valence-corrected chi connectivity index (χ1v) is 10.8. The molecule has 0 spiro atoms. The Labute approximate surface area is 167 Å². The standard InChI is InChI=1S/C23H33NO4/c1-15-12-16(2)23(14-28-22(25)24-18-8-5-4-6-9-18)13-27-21(20(15)17(23)3)19-10-7-11-26-19/h7,10-12,16-18,20-21H,4-6,8-9,13-14H2,1-3H3,(H,24,25)/t16-,17-,20-,21+,23+/m1/s1. The van der Waals surface area contributed by atoms with E-state index < -0.39 is 0 Å². The highest BCUT2D eigenvalue weighted by Gasteiger charge is 2.55. The van der Waals surface area contributed by atoms with Gasteiger partial charge in [0.1, 0.15) is 18.5 Å². The third-order valence-corrected chi connectivity index (χ3v) is 7.47. The lowest BCUT2D eigenvalue weighted by molar-refractivity contribution is -0.170. The van der Waals surface area contributed by atoms with Crippen LogP contribution < -0.4 is 5.32 Å². The zero-order chi connectivity index (χ0) is 19.7. The number of furan rings is 1. The number of allylic oxidation sites excluding steroid dienone is 1. The number of carbonyl (C=O) groups is 1. The Morgan fingerprint density at radius 2 is 2.07 bits per heavy atom. The molecule has 0 radical (unpaired) electrons. The van der Waals surface area contributed by atoms with Gasteiger partial charge in [0.15, 0.2) is 0 Å². The van der Waals surface area contributed by atoms with E-state index in [1.807, 2.05) is 12.1 Å². The van der Waals surface area contributed by atoms with Crippen molar-refractivity contribution >= 4 is 6.09 Å². The Hall–Kier alpha value is -1.75. The molecule has 28 heavy (non-hydrogen) atoms. The maximum absolute atomic E-state index is 12.4. The molecule has 1 amide bonds. The molecule has 3 aliphatic rings. The smallest absolute Gasteiger partial charge is 0.407 e. The van der Waals surface area contributed by atoms with Gasteiger partial charge in [-0.15, -0.1) is 0 Å². The van der Waals surface area contributed by atoms with E-state index in [2.05, 4.69) is 32.2 Å². The summed E-state index contributed by atoms with van der Waals surface area (Å²) in [6.45, 7) is 7.63. The number of alkyl carbamates (subject to hydrolysis) is 1. The highest BCUT2D eigenvalue weighted by atomic mass is 16.6. The lowest BCUT2D eigenvalue weighted by Crippen LogP contribution is -2.55. The van der Waals surface area contributed by atoms with Crippen LogP contribution in [0.15, 0.2) is 34.5 Å². The van der Waals surface area contributed by atoms with E-state index in [9.17, 15) is 4.79 Å². The molecule has 154 valence electrons. The van der Waals surface area contributed by atoms with Gasteiger partial charge in [-0.1, -0.05) is 44.8 Å². The maximum Gasteiger partial charge on any atom is 0.407 e. The second-order valence-electron chi connectivity index (χ2n) is 9.05. The minimum Gasteiger partial charge on any atom is -0.467 e. The molecular formula is C23H33NO4. The molecule has 1 saturated carbocycles. The molecule has 5 nitrogen and oxygen atoms in total. The molecule has 0 aromatic carbocycles. The van der Waals surface area contributed by atoms with E-state index in [0.29, 0.717) is 25.0 Å². The fourth-order valence-corrected chi connectivity index (χ4v) is 5.62. The van der Waals surface area contributed by atoms with Crippen LogP contribution in [-0.4, -0.2) is 25.3 Å². The van der Waals surface area contributed by atoms with Crippen LogP contribution in [0.2, 0.25) is 0 Å². The predicted molar refractivity (Wildman–Crippen MR) is 107 cm³/mol. The number of amides is 1. The van der Waals surface area contributed by atoms with Crippen molar-refractivity contribution in [2.45, 2.75) is 65.0 Å². The SMILES string of the molecule is CC1=C[C@@H](C)[C@@]2(COC(=O)NC3CCCCC3)CO[C@@H](c3ccco3)[C@H]1[C@H]2C. The van der Waals surface area contributed by atoms with E-state index in [1.54, 1.807) is 6.26 Å². The third kappa shape index (κ3) is 3.49. The van der Waals surface area contributed by atoms with Gasteiger partial charge in [-0.05, 0) is 43.7 Å². The van der Waals surface area contributed by atoms with Crippen molar-refractivity contribution in [2.24, 2.45) is 23.2 Å². The molecule has 2 bridgehead atoms. The first-order chi connectivity index (χ1) is 13.5. The molecule has 2 heterocycles. The molecule has 0 unspecified atom stereocenters. The fraction of sp³-hybridized carbons (Fsp3) is 0.696. The molecule has 1 N–H and O–H groups in total. The van der Waals surface area contributed by atoms with Crippen LogP contribution in [-0.2, 0) is 9.47 Å². The van der Waals surface area contributed by atoms with Crippen LogP contribution >= 0.6 is 0 Å². The summed E-state index contributed by atoms with van der Waals surface area (Å²) in [7, 11) is 0. The third-order valence-electron chi connectivity index (χ3n) is 7.47. The fourth-order valence-electron chi connectivity index (χ4n) is 5.62. The molecular weight excluding hydrogens is 354 g/mol. The Kier molecular flexibility index (Phi) is 5.55. The quantitative estimate of drug-likeness (QED) is 0.717. The van der Waals surface area contributed by atoms with Gasteiger partial charge in [0.05, 0.1) is 12.9 Å². The highest BCUT2D eigenvalue weighted by molar-refractivity contribution is 5.67. The average molecular weight is 388 g/mol. The van der Waals surface area contributed by atoms with E-state index >= 15 is 0 Å². The number of hydrogen-bond donors (Lipinski definition) is 1. The largest absolute Gasteiger partial charge is 0.467 e. The van der Waals surface area contributed by atoms with Gasteiger partial charge in [0.25, 0.3) is 0 Å². The van der Waals surface area contributed by atoms with Gasteiger partial charge < -0.3 is 19.2 Å². The van der Waals surface area contributed by atoms with E-state index in [4.69, 9.17) is 13.9 Å². The zero-order valence-electron chi connectivity index (χ0n) is 17.3. The maximum atomic E-state index is 12.4. The second kappa shape index (κ2) is 7.94. The molecule has 1 aromatic rings. The second-order valence-corrected chi connectivity index (χ2v) is 9.05. The van der Waals surface area contributed by atoms with E-state index in [1.165, 1.54) is 24.8 Å². The average Bonchev–Trinajstić information content (AvgIpc) is 3.21. The summed E-state index contributed by atoms with van der Waals surface area (Å²) < 4.78 is 17.8. The lowest BCUT2D eigenvalue weighted by Gasteiger charge is -2.54. The van der Waals surface area contributed by atoms with Crippen molar-refractivity contribution in [3.63, 3.8) is 0 Å². The normalized spacial score (nSPS) is 35.9. The Balaban J connectivity index is 1.46. The first kappa shape index (κ1) is 19.6. The van der Waals surface area contributed by atoms with Crippen LogP contribution in [0, 0.1) is 23.2 Å². The van der Waals surface area contributed by atoms with Crippen molar-refractivity contribution < 1.29 is 18.7 Å². The number of rotatable bonds is 4. The van der Waals surface area contributed by atoms with Gasteiger partial charge in [-0.3, -0.25) is 0 Å². The molecule has 5 atom stereocenters. The molecule has 2 fully saturated rings. The van der Waals surface area contributed by atoms with Gasteiger partial charge >= 0.3 is 6.09 Å². The van der Waals surface area contributed by atoms with Gasteiger partial charge in [-0.2, -0.15) is 0 Å². The highest BCUT2D eigenvalue weighted by Crippen LogP contribution is 2.56. The zero-order valence-corrected chi connectivity index (χ0v) is 17.3. The summed E-state index contributed by atoms with van der Waals surface area (Å²) in [5.41, 5.74) is 1.14. The minimum absolute atomic E-state index is 0.0714. The molecule has 5 heteroatoms. The Morgan fingerprint density at radius 3 is 2.79 bits per heavy atom.